The highest BCUT2D eigenvalue weighted by atomic mass is 16.2. The zero-order valence-corrected chi connectivity index (χ0v) is 9.29. The van der Waals surface area contributed by atoms with E-state index in [-0.39, 0.29) is 5.91 Å². The summed E-state index contributed by atoms with van der Waals surface area (Å²) in [5.41, 5.74) is 3.16. The maximum atomic E-state index is 11.8. The average molecular weight is 191 g/mol. The van der Waals surface area contributed by atoms with E-state index in [1.54, 1.807) is 19.0 Å². The highest BCUT2D eigenvalue weighted by Crippen LogP contribution is 2.13. The predicted molar refractivity (Wildman–Crippen MR) is 58.6 cm³/mol. The molecule has 0 aliphatic heterocycles. The second-order valence-corrected chi connectivity index (χ2v) is 3.71. The Morgan fingerprint density at radius 2 is 2.00 bits per heavy atom. The van der Waals surface area contributed by atoms with Gasteiger partial charge in [-0.2, -0.15) is 0 Å². The molecule has 0 saturated heterocycles. The van der Waals surface area contributed by atoms with Crippen LogP contribution in [0.25, 0.3) is 0 Å². The molecule has 0 radical (unpaired) electrons. The first-order valence-electron chi connectivity index (χ1n) is 4.87. The Hall–Kier alpha value is -1.31. The summed E-state index contributed by atoms with van der Waals surface area (Å²) < 4.78 is 0. The fourth-order valence-corrected chi connectivity index (χ4v) is 1.46. The van der Waals surface area contributed by atoms with Crippen LogP contribution < -0.4 is 0 Å². The Balaban J connectivity index is 3.14. The van der Waals surface area contributed by atoms with Gasteiger partial charge in [0, 0.05) is 19.7 Å². The van der Waals surface area contributed by atoms with E-state index in [4.69, 9.17) is 0 Å². The number of benzene rings is 1. The van der Waals surface area contributed by atoms with Crippen LogP contribution in [0.15, 0.2) is 18.2 Å². The quantitative estimate of drug-likeness (QED) is 0.702. The summed E-state index contributed by atoms with van der Waals surface area (Å²) in [4.78, 5) is 13.4. The summed E-state index contributed by atoms with van der Waals surface area (Å²) in [6.45, 7) is 4.12. The lowest BCUT2D eigenvalue weighted by molar-refractivity contribution is 0.0826. The second-order valence-electron chi connectivity index (χ2n) is 3.71. The van der Waals surface area contributed by atoms with Gasteiger partial charge in [0.1, 0.15) is 0 Å². The van der Waals surface area contributed by atoms with E-state index < -0.39 is 0 Å². The first-order chi connectivity index (χ1) is 6.56. The zero-order chi connectivity index (χ0) is 10.7. The molecule has 1 aromatic rings. The Morgan fingerprint density at radius 1 is 1.36 bits per heavy atom. The van der Waals surface area contributed by atoms with Crippen molar-refractivity contribution in [2.45, 2.75) is 20.3 Å². The molecule has 1 amide bonds. The van der Waals surface area contributed by atoms with Crippen molar-refractivity contribution in [2.24, 2.45) is 0 Å². The number of rotatable bonds is 2. The van der Waals surface area contributed by atoms with Crippen molar-refractivity contribution in [3.63, 3.8) is 0 Å². The van der Waals surface area contributed by atoms with Gasteiger partial charge in [-0.15, -0.1) is 0 Å². The number of amides is 1. The Morgan fingerprint density at radius 3 is 2.50 bits per heavy atom. The minimum absolute atomic E-state index is 0.0850. The fraction of sp³-hybridized carbons (Fsp3) is 0.417. The van der Waals surface area contributed by atoms with Gasteiger partial charge < -0.3 is 4.90 Å². The van der Waals surface area contributed by atoms with Gasteiger partial charge in [-0.1, -0.05) is 24.6 Å². The van der Waals surface area contributed by atoms with E-state index in [1.807, 2.05) is 19.1 Å². The predicted octanol–water partition coefficient (Wildman–Crippen LogP) is 2.26. The van der Waals surface area contributed by atoms with Gasteiger partial charge in [-0.3, -0.25) is 4.79 Å². The molecule has 0 spiro atoms. The molecule has 2 nitrogen and oxygen atoms in total. The Kier molecular flexibility index (Phi) is 3.28. The highest BCUT2D eigenvalue weighted by Gasteiger charge is 2.11. The first-order valence-corrected chi connectivity index (χ1v) is 4.87. The molecule has 0 saturated carbocycles. The molecule has 2 heteroatoms. The molecule has 0 aliphatic carbocycles. The van der Waals surface area contributed by atoms with Gasteiger partial charge in [0.05, 0.1) is 0 Å². The molecule has 0 N–H and O–H groups in total. The van der Waals surface area contributed by atoms with Crippen molar-refractivity contribution in [3.8, 4) is 0 Å². The van der Waals surface area contributed by atoms with E-state index in [0.717, 1.165) is 17.5 Å². The number of hydrogen-bond donors (Lipinski definition) is 0. The lowest BCUT2D eigenvalue weighted by atomic mass is 10.0. The number of carbonyl (C=O) groups excluding carboxylic acids is 1. The molecular formula is C12H17NO. The molecule has 0 aromatic heterocycles. The van der Waals surface area contributed by atoms with Crippen LogP contribution in [0.5, 0.6) is 0 Å². The molecule has 14 heavy (non-hydrogen) atoms. The van der Waals surface area contributed by atoms with Crippen LogP contribution in [0, 0.1) is 6.92 Å². The fourth-order valence-electron chi connectivity index (χ4n) is 1.46. The lowest BCUT2D eigenvalue weighted by Gasteiger charge is -2.13. The standard InChI is InChI=1S/C12H17NO/c1-5-10-8-9(2)6-7-11(10)12(14)13(3)4/h6-8H,5H2,1-4H3. The number of carbonyl (C=O) groups is 1. The van der Waals surface area contributed by atoms with Gasteiger partial charge >= 0.3 is 0 Å². The summed E-state index contributed by atoms with van der Waals surface area (Å²) in [5, 5.41) is 0. The van der Waals surface area contributed by atoms with Crippen LogP contribution in [0.3, 0.4) is 0 Å². The molecule has 0 fully saturated rings. The summed E-state index contributed by atoms with van der Waals surface area (Å²) in [5.74, 6) is 0.0850. The third kappa shape index (κ3) is 2.13. The zero-order valence-electron chi connectivity index (χ0n) is 9.29. The van der Waals surface area contributed by atoms with Crippen LogP contribution in [-0.4, -0.2) is 24.9 Å². The summed E-state index contributed by atoms with van der Waals surface area (Å²) in [7, 11) is 3.56. The van der Waals surface area contributed by atoms with Gasteiger partial charge in [0.15, 0.2) is 0 Å². The third-order valence-electron chi connectivity index (χ3n) is 2.28. The molecule has 76 valence electrons. The highest BCUT2D eigenvalue weighted by molar-refractivity contribution is 5.95. The molecule has 0 aliphatic rings. The van der Waals surface area contributed by atoms with Gasteiger partial charge in [-0.25, -0.2) is 0 Å². The number of nitrogens with zero attached hydrogens (tertiary/aromatic N) is 1. The number of aryl methyl sites for hydroxylation is 2. The van der Waals surface area contributed by atoms with Crippen LogP contribution in [0.4, 0.5) is 0 Å². The van der Waals surface area contributed by atoms with Crippen molar-refractivity contribution in [1.29, 1.82) is 0 Å². The molecule has 0 bridgehead atoms. The third-order valence-corrected chi connectivity index (χ3v) is 2.28. The Bertz CT molecular complexity index is 342. The van der Waals surface area contributed by atoms with Gasteiger partial charge in [-0.05, 0) is 25.0 Å². The van der Waals surface area contributed by atoms with Crippen molar-refractivity contribution >= 4 is 5.91 Å². The minimum atomic E-state index is 0.0850. The first kappa shape index (κ1) is 10.8. The SMILES string of the molecule is CCc1cc(C)ccc1C(=O)N(C)C. The molecule has 0 atom stereocenters. The maximum Gasteiger partial charge on any atom is 0.253 e. The topological polar surface area (TPSA) is 20.3 Å². The smallest absolute Gasteiger partial charge is 0.253 e. The molecule has 0 heterocycles. The van der Waals surface area contributed by atoms with Gasteiger partial charge in [0.2, 0.25) is 0 Å². The molecule has 1 rings (SSSR count). The van der Waals surface area contributed by atoms with E-state index in [2.05, 4.69) is 13.0 Å². The van der Waals surface area contributed by atoms with Crippen molar-refractivity contribution in [1.82, 2.24) is 4.90 Å². The van der Waals surface area contributed by atoms with E-state index in [9.17, 15) is 4.79 Å². The Labute approximate surface area is 85.5 Å². The molecular weight excluding hydrogens is 174 g/mol. The van der Waals surface area contributed by atoms with Crippen molar-refractivity contribution < 1.29 is 4.79 Å². The van der Waals surface area contributed by atoms with E-state index >= 15 is 0 Å². The number of hydrogen-bond acceptors (Lipinski definition) is 1. The lowest BCUT2D eigenvalue weighted by Crippen LogP contribution is -2.22. The second kappa shape index (κ2) is 4.27. The van der Waals surface area contributed by atoms with Crippen LogP contribution in [0.1, 0.15) is 28.4 Å². The normalized spacial score (nSPS) is 10.0. The van der Waals surface area contributed by atoms with Crippen LogP contribution >= 0.6 is 0 Å². The van der Waals surface area contributed by atoms with Crippen LogP contribution in [-0.2, 0) is 6.42 Å². The largest absolute Gasteiger partial charge is 0.345 e. The van der Waals surface area contributed by atoms with Crippen molar-refractivity contribution in [2.75, 3.05) is 14.1 Å². The minimum Gasteiger partial charge on any atom is -0.345 e. The van der Waals surface area contributed by atoms with Gasteiger partial charge in [0.25, 0.3) is 5.91 Å². The van der Waals surface area contributed by atoms with E-state index in [0.29, 0.717) is 0 Å². The maximum absolute atomic E-state index is 11.8. The van der Waals surface area contributed by atoms with Crippen LogP contribution in [0.2, 0.25) is 0 Å². The summed E-state index contributed by atoms with van der Waals surface area (Å²) in [6.07, 6.45) is 0.899. The van der Waals surface area contributed by atoms with Crippen molar-refractivity contribution in [3.05, 3.63) is 34.9 Å². The average Bonchev–Trinajstić information content (AvgIpc) is 2.16. The van der Waals surface area contributed by atoms with E-state index in [1.165, 1.54) is 5.56 Å². The monoisotopic (exact) mass is 191 g/mol. The summed E-state index contributed by atoms with van der Waals surface area (Å²) >= 11 is 0. The summed E-state index contributed by atoms with van der Waals surface area (Å²) in [6, 6.07) is 5.98. The molecule has 0 unspecified atom stereocenters. The molecule has 1 aromatic carbocycles.